The molecule has 4 heteroatoms. The number of H-pyrrole nitrogens is 1. The van der Waals surface area contributed by atoms with Gasteiger partial charge in [0, 0.05) is 0 Å². The third-order valence-corrected chi connectivity index (χ3v) is 1.33. The Morgan fingerprint density at radius 2 is 2.50 bits per heavy atom. The van der Waals surface area contributed by atoms with E-state index in [2.05, 4.69) is 9.97 Å². The second-order valence-corrected chi connectivity index (χ2v) is 1.97. The lowest BCUT2D eigenvalue weighted by atomic mass is 10.4. The summed E-state index contributed by atoms with van der Waals surface area (Å²) in [6, 6.07) is 3.58. The molecule has 0 aromatic carbocycles. The fourth-order valence-electron chi connectivity index (χ4n) is 0.875. The zero-order valence-electron chi connectivity index (χ0n) is 5.11. The maximum Gasteiger partial charge on any atom is 0.301 e. The van der Waals surface area contributed by atoms with Crippen LogP contribution in [0.5, 0.6) is 0 Å². The second kappa shape index (κ2) is 1.70. The quantitative estimate of drug-likeness (QED) is 0.414. The van der Waals surface area contributed by atoms with E-state index in [0.29, 0.717) is 10.4 Å². The van der Waals surface area contributed by atoms with E-state index in [9.17, 15) is 5.21 Å². The van der Waals surface area contributed by atoms with Crippen molar-refractivity contribution in [3.05, 3.63) is 29.9 Å². The molecule has 0 aliphatic heterocycles. The maximum atomic E-state index is 10.8. The molecule has 0 atom stereocenters. The van der Waals surface area contributed by atoms with Crippen LogP contribution in [-0.4, -0.2) is 9.97 Å². The highest BCUT2D eigenvalue weighted by atomic mass is 16.5. The molecule has 50 valence electrons. The van der Waals surface area contributed by atoms with Crippen molar-refractivity contribution in [2.24, 2.45) is 0 Å². The zero-order valence-corrected chi connectivity index (χ0v) is 5.11. The van der Waals surface area contributed by atoms with Crippen LogP contribution < -0.4 is 4.73 Å². The number of hydrogen-bond donors (Lipinski definition) is 1. The first-order valence-electron chi connectivity index (χ1n) is 2.89. The molecule has 1 N–H and O–H groups in total. The van der Waals surface area contributed by atoms with Crippen LogP contribution in [0.25, 0.3) is 11.2 Å². The van der Waals surface area contributed by atoms with E-state index in [1.165, 1.54) is 6.33 Å². The van der Waals surface area contributed by atoms with Crippen LogP contribution in [0.4, 0.5) is 0 Å². The van der Waals surface area contributed by atoms with Crippen LogP contribution in [-0.2, 0) is 0 Å². The molecule has 0 saturated carbocycles. The first-order valence-corrected chi connectivity index (χ1v) is 2.89. The molecule has 0 saturated heterocycles. The largest absolute Gasteiger partial charge is 0.740 e. The molecule has 0 bridgehead atoms. The molecule has 2 aromatic heterocycles. The summed E-state index contributed by atoms with van der Waals surface area (Å²) < 4.78 is 0.704. The van der Waals surface area contributed by atoms with E-state index in [1.54, 1.807) is 18.3 Å². The van der Waals surface area contributed by atoms with Crippen LogP contribution in [0.3, 0.4) is 0 Å². The molecule has 0 unspecified atom stereocenters. The Morgan fingerprint density at radius 3 is 3.30 bits per heavy atom. The lowest BCUT2D eigenvalue weighted by molar-refractivity contribution is -0.578. The first-order chi connectivity index (χ1) is 4.88. The molecule has 0 aliphatic rings. The van der Waals surface area contributed by atoms with Crippen molar-refractivity contribution in [1.82, 2.24) is 9.97 Å². The Hall–Kier alpha value is -1.58. The number of fused-ring (bicyclic) bond motifs is 1. The normalized spacial score (nSPS) is 10.4. The van der Waals surface area contributed by atoms with Gasteiger partial charge in [-0.2, -0.15) is 0 Å². The highest BCUT2D eigenvalue weighted by Crippen LogP contribution is 1.99. The van der Waals surface area contributed by atoms with Gasteiger partial charge in [-0.1, -0.05) is 0 Å². The van der Waals surface area contributed by atoms with Crippen molar-refractivity contribution < 1.29 is 4.73 Å². The maximum absolute atomic E-state index is 10.8. The fourth-order valence-corrected chi connectivity index (χ4v) is 0.875. The topological polar surface area (TPSA) is 55.6 Å². The van der Waals surface area contributed by atoms with Crippen molar-refractivity contribution in [2.45, 2.75) is 0 Å². The molecule has 0 radical (unpaired) electrons. The number of aromatic nitrogens is 3. The number of hydrogen-bond acceptors (Lipinski definition) is 2. The predicted molar refractivity (Wildman–Crippen MR) is 35.1 cm³/mol. The van der Waals surface area contributed by atoms with Crippen molar-refractivity contribution in [2.75, 3.05) is 0 Å². The van der Waals surface area contributed by atoms with E-state index >= 15 is 0 Å². The number of nitrogens with one attached hydrogen (secondary N) is 1. The highest BCUT2D eigenvalue weighted by molar-refractivity contribution is 5.65. The van der Waals surface area contributed by atoms with Crippen LogP contribution in [0.1, 0.15) is 0 Å². The van der Waals surface area contributed by atoms with Crippen molar-refractivity contribution in [3.63, 3.8) is 0 Å². The van der Waals surface area contributed by atoms with Gasteiger partial charge in [-0.3, -0.25) is 4.98 Å². The van der Waals surface area contributed by atoms with Crippen LogP contribution in [0.2, 0.25) is 0 Å². The van der Waals surface area contributed by atoms with Gasteiger partial charge >= 0.3 is 5.65 Å². The fraction of sp³-hybridized carbons (Fsp3) is 0. The molecule has 2 aromatic rings. The molecule has 0 aliphatic carbocycles. The summed E-state index contributed by atoms with van der Waals surface area (Å²) in [5, 5.41) is 10.8. The van der Waals surface area contributed by atoms with E-state index in [0.717, 1.165) is 5.52 Å². The standard InChI is InChI=1S/C6H5N3O/c10-9-4-8-5-2-1-3-7-6(5)9/h1-4,8H. The molecule has 0 amide bonds. The highest BCUT2D eigenvalue weighted by Gasteiger charge is 2.01. The van der Waals surface area contributed by atoms with Crippen molar-refractivity contribution >= 4 is 11.2 Å². The Labute approximate surface area is 56.7 Å². The number of pyridine rings is 1. The second-order valence-electron chi connectivity index (χ2n) is 1.97. The average Bonchev–Trinajstić information content (AvgIpc) is 2.34. The van der Waals surface area contributed by atoms with Gasteiger partial charge in [0.2, 0.25) is 0 Å². The van der Waals surface area contributed by atoms with E-state index in [4.69, 9.17) is 0 Å². The summed E-state index contributed by atoms with van der Waals surface area (Å²) in [5.41, 5.74) is 1.19. The zero-order chi connectivity index (χ0) is 6.97. The lowest BCUT2D eigenvalue weighted by Crippen LogP contribution is -2.23. The summed E-state index contributed by atoms with van der Waals surface area (Å²) >= 11 is 0. The minimum atomic E-state index is 0.433. The van der Waals surface area contributed by atoms with Gasteiger partial charge < -0.3 is 5.21 Å². The minimum Gasteiger partial charge on any atom is -0.740 e. The lowest BCUT2D eigenvalue weighted by Gasteiger charge is -1.92. The molecule has 0 spiro atoms. The molecule has 10 heavy (non-hydrogen) atoms. The molecule has 2 rings (SSSR count). The Balaban J connectivity index is 2.93. The third kappa shape index (κ3) is 0.556. The molecular weight excluding hydrogens is 130 g/mol. The Morgan fingerprint density at radius 1 is 1.60 bits per heavy atom. The molecule has 2 heterocycles. The monoisotopic (exact) mass is 135 g/mol. The summed E-state index contributed by atoms with van der Waals surface area (Å²) in [7, 11) is 0. The minimum absolute atomic E-state index is 0.433. The summed E-state index contributed by atoms with van der Waals surface area (Å²) in [6.45, 7) is 0. The van der Waals surface area contributed by atoms with Gasteiger partial charge in [-0.15, -0.1) is 4.98 Å². The number of nitrogens with zero attached hydrogens (tertiary/aromatic N) is 2. The van der Waals surface area contributed by atoms with Gasteiger partial charge in [-0.05, 0) is 12.1 Å². The van der Waals surface area contributed by atoms with Crippen LogP contribution in [0.15, 0.2) is 24.7 Å². The van der Waals surface area contributed by atoms with Crippen LogP contribution >= 0.6 is 0 Å². The molecular formula is C6H5N3O. The van der Waals surface area contributed by atoms with Crippen molar-refractivity contribution in [1.29, 1.82) is 0 Å². The van der Waals surface area contributed by atoms with Gasteiger partial charge in [0.1, 0.15) is 6.20 Å². The summed E-state index contributed by atoms with van der Waals surface area (Å²) in [5.74, 6) is 0. The third-order valence-electron chi connectivity index (χ3n) is 1.33. The predicted octanol–water partition coefficient (Wildman–Crippen LogP) is 0.196. The number of imidazole rings is 1. The first kappa shape index (κ1) is 5.22. The summed E-state index contributed by atoms with van der Waals surface area (Å²) in [4.78, 5) is 6.64. The average molecular weight is 135 g/mol. The van der Waals surface area contributed by atoms with E-state index in [1.807, 2.05) is 0 Å². The van der Waals surface area contributed by atoms with Crippen molar-refractivity contribution in [3.8, 4) is 0 Å². The Kier molecular flexibility index (Phi) is 0.887. The molecule has 4 nitrogen and oxygen atoms in total. The number of rotatable bonds is 0. The van der Waals surface area contributed by atoms with Gasteiger partial charge in [0.25, 0.3) is 0 Å². The van der Waals surface area contributed by atoms with E-state index in [-0.39, 0.29) is 0 Å². The van der Waals surface area contributed by atoms with Gasteiger partial charge in [-0.25, -0.2) is 4.73 Å². The van der Waals surface area contributed by atoms with Gasteiger partial charge in [0.15, 0.2) is 11.8 Å². The number of aromatic amines is 1. The SMILES string of the molecule is [O-][n+]1c[nH]c2cccnc21. The Bertz CT molecular complexity index is 355. The molecule has 0 fully saturated rings. The van der Waals surface area contributed by atoms with E-state index < -0.39 is 0 Å². The van der Waals surface area contributed by atoms with Crippen LogP contribution in [0, 0.1) is 5.21 Å². The summed E-state index contributed by atoms with van der Waals surface area (Å²) in [6.07, 6.45) is 2.92. The van der Waals surface area contributed by atoms with Gasteiger partial charge in [0.05, 0.1) is 0 Å². The smallest absolute Gasteiger partial charge is 0.301 e.